The highest BCUT2D eigenvalue weighted by Gasteiger charge is 2.22. The van der Waals surface area contributed by atoms with E-state index in [0.29, 0.717) is 11.0 Å². The number of fused-ring (bicyclic) bond motifs is 1. The summed E-state index contributed by atoms with van der Waals surface area (Å²) < 4.78 is 33.9. The Morgan fingerprint density at radius 1 is 1.07 bits per heavy atom. The molecule has 0 amide bonds. The van der Waals surface area contributed by atoms with Gasteiger partial charge in [-0.15, -0.1) is 0 Å². The minimum atomic E-state index is -3.72. The third-order valence-electron chi connectivity index (χ3n) is 4.36. The molecule has 0 bridgehead atoms. The molecule has 0 fully saturated rings. The SMILES string of the molecule is CN(Cc1cnn(-c2ccccc2)c1)S(=O)(=O)c1ccc2oc(=O)ccc2c1. The Balaban J connectivity index is 1.59. The van der Waals surface area contributed by atoms with Crippen LogP contribution < -0.4 is 5.63 Å². The van der Waals surface area contributed by atoms with E-state index in [1.54, 1.807) is 23.1 Å². The summed E-state index contributed by atoms with van der Waals surface area (Å²) in [5, 5.41) is 4.84. The number of hydrogen-bond acceptors (Lipinski definition) is 5. The Morgan fingerprint density at radius 3 is 2.64 bits per heavy atom. The van der Waals surface area contributed by atoms with Crippen molar-refractivity contribution in [2.75, 3.05) is 7.05 Å². The summed E-state index contributed by atoms with van der Waals surface area (Å²) >= 11 is 0. The molecule has 4 aromatic rings. The van der Waals surface area contributed by atoms with Gasteiger partial charge in [0.2, 0.25) is 10.0 Å². The van der Waals surface area contributed by atoms with Gasteiger partial charge in [-0.25, -0.2) is 17.9 Å². The fourth-order valence-corrected chi connectivity index (χ4v) is 4.09. The summed E-state index contributed by atoms with van der Waals surface area (Å²) in [5.41, 5.74) is 1.53. The smallest absolute Gasteiger partial charge is 0.336 e. The number of sulfonamides is 1. The van der Waals surface area contributed by atoms with Crippen LogP contribution in [0.1, 0.15) is 5.56 Å². The summed E-state index contributed by atoms with van der Waals surface area (Å²) in [7, 11) is -2.20. The molecule has 2 aromatic carbocycles. The summed E-state index contributed by atoms with van der Waals surface area (Å²) in [6, 6.07) is 16.8. The van der Waals surface area contributed by atoms with Gasteiger partial charge in [-0.05, 0) is 36.4 Å². The molecule has 0 aliphatic heterocycles. The fraction of sp³-hybridized carbons (Fsp3) is 0.100. The first-order valence-electron chi connectivity index (χ1n) is 8.53. The van der Waals surface area contributed by atoms with Crippen LogP contribution in [-0.2, 0) is 16.6 Å². The van der Waals surface area contributed by atoms with Crippen molar-refractivity contribution < 1.29 is 12.8 Å². The van der Waals surface area contributed by atoms with Gasteiger partial charge >= 0.3 is 5.63 Å². The third-order valence-corrected chi connectivity index (χ3v) is 6.16. The van der Waals surface area contributed by atoms with Crippen LogP contribution in [-0.4, -0.2) is 29.6 Å². The van der Waals surface area contributed by atoms with Gasteiger partial charge in [-0.3, -0.25) is 0 Å². The summed E-state index contributed by atoms with van der Waals surface area (Å²) in [6.45, 7) is 0.178. The van der Waals surface area contributed by atoms with Gasteiger partial charge in [0.1, 0.15) is 5.58 Å². The monoisotopic (exact) mass is 395 g/mol. The molecule has 2 aromatic heterocycles. The number of aromatic nitrogens is 2. The lowest BCUT2D eigenvalue weighted by Crippen LogP contribution is -2.26. The van der Waals surface area contributed by atoms with E-state index in [0.717, 1.165) is 11.3 Å². The number of para-hydroxylation sites is 1. The lowest BCUT2D eigenvalue weighted by Gasteiger charge is -2.16. The Morgan fingerprint density at radius 2 is 1.86 bits per heavy atom. The van der Waals surface area contributed by atoms with Gasteiger partial charge < -0.3 is 4.42 Å². The predicted molar refractivity (Wildman–Crippen MR) is 105 cm³/mol. The van der Waals surface area contributed by atoms with Crippen molar-refractivity contribution in [2.24, 2.45) is 0 Å². The van der Waals surface area contributed by atoms with E-state index in [9.17, 15) is 13.2 Å². The summed E-state index contributed by atoms with van der Waals surface area (Å²) in [6.07, 6.45) is 3.45. The van der Waals surface area contributed by atoms with Gasteiger partial charge in [-0.2, -0.15) is 9.40 Å². The minimum absolute atomic E-state index is 0.131. The molecule has 7 nitrogen and oxygen atoms in total. The van der Waals surface area contributed by atoms with Gasteiger partial charge in [0.05, 0.1) is 16.8 Å². The summed E-state index contributed by atoms with van der Waals surface area (Å²) in [5.74, 6) is 0. The van der Waals surface area contributed by atoms with Crippen molar-refractivity contribution in [1.29, 1.82) is 0 Å². The molecule has 0 saturated carbocycles. The highest BCUT2D eigenvalue weighted by atomic mass is 32.2. The topological polar surface area (TPSA) is 85.4 Å². The molecule has 0 atom stereocenters. The van der Waals surface area contributed by atoms with E-state index >= 15 is 0 Å². The zero-order valence-corrected chi connectivity index (χ0v) is 15.8. The van der Waals surface area contributed by atoms with Crippen LogP contribution in [0.25, 0.3) is 16.7 Å². The van der Waals surface area contributed by atoms with Crippen molar-refractivity contribution in [2.45, 2.75) is 11.4 Å². The molecule has 28 heavy (non-hydrogen) atoms. The second-order valence-electron chi connectivity index (χ2n) is 6.34. The largest absolute Gasteiger partial charge is 0.423 e. The molecule has 4 rings (SSSR count). The Kier molecular flexibility index (Phi) is 4.58. The molecule has 0 unspecified atom stereocenters. The van der Waals surface area contributed by atoms with Crippen molar-refractivity contribution >= 4 is 21.0 Å². The van der Waals surface area contributed by atoms with Crippen molar-refractivity contribution in [3.05, 3.63) is 89.0 Å². The first-order chi connectivity index (χ1) is 13.4. The molecule has 142 valence electrons. The van der Waals surface area contributed by atoms with Crippen LogP contribution in [0.5, 0.6) is 0 Å². The van der Waals surface area contributed by atoms with Crippen molar-refractivity contribution in [3.63, 3.8) is 0 Å². The highest BCUT2D eigenvalue weighted by Crippen LogP contribution is 2.21. The van der Waals surface area contributed by atoms with E-state index in [4.69, 9.17) is 4.42 Å². The van der Waals surface area contributed by atoms with Crippen LogP contribution in [0.2, 0.25) is 0 Å². The number of rotatable bonds is 5. The van der Waals surface area contributed by atoms with Gasteiger partial charge in [-0.1, -0.05) is 18.2 Å². The minimum Gasteiger partial charge on any atom is -0.423 e. The molecular formula is C20H17N3O4S. The van der Waals surface area contributed by atoms with Gasteiger partial charge in [0.15, 0.2) is 0 Å². The van der Waals surface area contributed by atoms with Gasteiger partial charge in [0.25, 0.3) is 0 Å². The van der Waals surface area contributed by atoms with Crippen LogP contribution in [0.4, 0.5) is 0 Å². The molecule has 0 radical (unpaired) electrons. The standard InChI is InChI=1S/C20H17N3O4S/c1-22(13-15-12-21-23(14-15)17-5-3-2-4-6-17)28(25,26)18-8-9-19-16(11-18)7-10-20(24)27-19/h2-12,14H,13H2,1H3. The second kappa shape index (κ2) is 7.06. The van der Waals surface area contributed by atoms with Gasteiger partial charge in [0, 0.05) is 36.8 Å². The lowest BCUT2D eigenvalue weighted by molar-refractivity contribution is 0.466. The molecule has 0 N–H and O–H groups in total. The van der Waals surface area contributed by atoms with Crippen LogP contribution in [0, 0.1) is 0 Å². The Labute approximate surface area is 161 Å². The maximum absolute atomic E-state index is 12.9. The van der Waals surface area contributed by atoms with Crippen LogP contribution in [0.15, 0.2) is 87.2 Å². The quantitative estimate of drug-likeness (QED) is 0.485. The molecule has 0 saturated heterocycles. The average Bonchev–Trinajstić information content (AvgIpc) is 3.16. The van der Waals surface area contributed by atoms with E-state index in [1.165, 1.54) is 35.6 Å². The molecule has 0 aliphatic carbocycles. The zero-order chi connectivity index (χ0) is 19.7. The van der Waals surface area contributed by atoms with E-state index in [1.807, 2.05) is 30.3 Å². The van der Waals surface area contributed by atoms with Crippen molar-refractivity contribution in [1.82, 2.24) is 14.1 Å². The van der Waals surface area contributed by atoms with E-state index < -0.39 is 15.6 Å². The number of benzene rings is 2. The van der Waals surface area contributed by atoms with Crippen molar-refractivity contribution in [3.8, 4) is 5.69 Å². The van der Waals surface area contributed by atoms with E-state index in [-0.39, 0.29) is 11.4 Å². The zero-order valence-electron chi connectivity index (χ0n) is 15.0. The maximum atomic E-state index is 12.9. The number of hydrogen-bond donors (Lipinski definition) is 0. The molecule has 2 heterocycles. The Hall–Kier alpha value is -3.23. The number of nitrogens with zero attached hydrogens (tertiary/aromatic N) is 3. The molecule has 0 aliphatic rings. The predicted octanol–water partition coefficient (Wildman–Crippen LogP) is 2.80. The highest BCUT2D eigenvalue weighted by molar-refractivity contribution is 7.89. The first-order valence-corrected chi connectivity index (χ1v) is 9.97. The second-order valence-corrected chi connectivity index (χ2v) is 8.39. The third kappa shape index (κ3) is 3.47. The summed E-state index contributed by atoms with van der Waals surface area (Å²) in [4.78, 5) is 11.4. The van der Waals surface area contributed by atoms with Crippen LogP contribution >= 0.6 is 0 Å². The maximum Gasteiger partial charge on any atom is 0.336 e. The van der Waals surface area contributed by atoms with E-state index in [2.05, 4.69) is 5.10 Å². The van der Waals surface area contributed by atoms with Crippen LogP contribution in [0.3, 0.4) is 0 Å². The normalized spacial score (nSPS) is 11.9. The fourth-order valence-electron chi connectivity index (χ4n) is 2.90. The first kappa shape index (κ1) is 18.1. The Bertz CT molecular complexity index is 1290. The average molecular weight is 395 g/mol. The molecule has 8 heteroatoms. The lowest BCUT2D eigenvalue weighted by atomic mass is 10.2. The molecule has 0 spiro atoms. The molecular weight excluding hydrogens is 378 g/mol.